The molecule has 0 atom stereocenters. The summed E-state index contributed by atoms with van der Waals surface area (Å²) in [5.41, 5.74) is 1.04. The lowest BCUT2D eigenvalue weighted by atomic mass is 9.93. The topological polar surface area (TPSA) is 131 Å². The first-order chi connectivity index (χ1) is 17.7. The third kappa shape index (κ3) is 4.94. The fourth-order valence-electron chi connectivity index (χ4n) is 3.54. The largest absolute Gasteiger partial charge is 0.450 e. The van der Waals surface area contributed by atoms with Crippen molar-refractivity contribution in [3.8, 4) is 22.8 Å². The van der Waals surface area contributed by atoms with Gasteiger partial charge in [0.1, 0.15) is 17.8 Å². The van der Waals surface area contributed by atoms with Crippen LogP contribution in [0.2, 0.25) is 0 Å². The van der Waals surface area contributed by atoms with Crippen molar-refractivity contribution in [1.82, 2.24) is 25.3 Å². The molecular weight excluding hydrogens is 484 g/mol. The molecule has 0 saturated heterocycles. The monoisotopic (exact) mass is 505 g/mol. The van der Waals surface area contributed by atoms with Crippen molar-refractivity contribution in [1.29, 1.82) is 0 Å². The first kappa shape index (κ1) is 23.9. The number of carbonyl (C=O) groups excluding carboxylic acids is 1. The van der Waals surface area contributed by atoms with Crippen molar-refractivity contribution in [3.63, 3.8) is 0 Å². The summed E-state index contributed by atoms with van der Waals surface area (Å²) in [6.07, 6.45) is 2.90. The van der Waals surface area contributed by atoms with Crippen molar-refractivity contribution in [2.24, 2.45) is 0 Å². The van der Waals surface area contributed by atoms with Crippen LogP contribution in [0.15, 0.2) is 59.5 Å². The van der Waals surface area contributed by atoms with E-state index in [9.17, 15) is 13.6 Å². The van der Waals surface area contributed by atoms with Crippen LogP contribution in [0.5, 0.6) is 11.5 Å². The lowest BCUT2D eigenvalue weighted by Crippen LogP contribution is -2.20. The lowest BCUT2D eigenvalue weighted by Gasteiger charge is -2.14. The Balaban J connectivity index is 1.36. The summed E-state index contributed by atoms with van der Waals surface area (Å²) in [7, 11) is 0. The van der Waals surface area contributed by atoms with Gasteiger partial charge in [-0.15, -0.1) is 0 Å². The predicted molar refractivity (Wildman–Crippen MR) is 131 cm³/mol. The standard InChI is InChI=1S/C25H21F2N7O3/c1-25(2,3)19-10-20(34-37-19)32-24(35)31-13-8-16(26)22(17(27)9-13)36-18-7-5-4-6-14(18)21-15-11-30-33-23(15)29-12-28-21/h4-12H,1-3H3,(H,28,29,30,33)(H2,31,32,34,35). The number of ether oxygens (including phenoxy) is 1. The zero-order valence-electron chi connectivity index (χ0n) is 20.0. The van der Waals surface area contributed by atoms with Crippen LogP contribution < -0.4 is 15.4 Å². The zero-order chi connectivity index (χ0) is 26.2. The number of nitrogens with one attached hydrogen (secondary N) is 3. The number of amides is 2. The second kappa shape index (κ2) is 9.30. The van der Waals surface area contributed by atoms with Crippen molar-refractivity contribution in [2.75, 3.05) is 10.6 Å². The number of aromatic nitrogens is 5. The van der Waals surface area contributed by atoms with Crippen molar-refractivity contribution in [2.45, 2.75) is 26.2 Å². The smallest absolute Gasteiger partial charge is 0.324 e. The Morgan fingerprint density at radius 3 is 2.54 bits per heavy atom. The van der Waals surface area contributed by atoms with E-state index in [1.165, 1.54) is 6.33 Å². The van der Waals surface area contributed by atoms with Gasteiger partial charge in [-0.3, -0.25) is 10.4 Å². The molecule has 0 aliphatic heterocycles. The van der Waals surface area contributed by atoms with E-state index in [2.05, 4.69) is 36.0 Å². The SMILES string of the molecule is CC(C)(C)c1cc(NC(=O)Nc2cc(F)c(Oc3ccccc3-c3ncnc4[nH]ncc34)c(F)c2)no1. The minimum Gasteiger partial charge on any atom is -0.450 e. The molecular formula is C25H21F2N7O3. The van der Waals surface area contributed by atoms with E-state index >= 15 is 0 Å². The quantitative estimate of drug-likeness (QED) is 0.266. The normalized spacial score (nSPS) is 11.5. The number of para-hydroxylation sites is 1. The number of aromatic amines is 1. The number of H-pyrrole nitrogens is 1. The Hall–Kier alpha value is -4.87. The Labute approximate surface area is 209 Å². The minimum atomic E-state index is -1.02. The molecule has 0 spiro atoms. The van der Waals surface area contributed by atoms with Gasteiger partial charge in [0.2, 0.25) is 0 Å². The third-order valence-corrected chi connectivity index (χ3v) is 5.35. The fourth-order valence-corrected chi connectivity index (χ4v) is 3.54. The molecule has 188 valence electrons. The number of nitrogens with zero attached hydrogens (tertiary/aromatic N) is 4. The van der Waals surface area contributed by atoms with Gasteiger partial charge < -0.3 is 14.6 Å². The summed E-state index contributed by atoms with van der Waals surface area (Å²) in [5, 5.41) is 15.9. The third-order valence-electron chi connectivity index (χ3n) is 5.35. The van der Waals surface area contributed by atoms with E-state index in [1.54, 1.807) is 36.5 Å². The summed E-state index contributed by atoms with van der Waals surface area (Å²) in [5.74, 6) is -1.77. The Morgan fingerprint density at radius 2 is 1.81 bits per heavy atom. The molecule has 0 saturated carbocycles. The highest BCUT2D eigenvalue weighted by molar-refractivity contribution is 5.99. The van der Waals surface area contributed by atoms with E-state index in [0.29, 0.717) is 28.1 Å². The van der Waals surface area contributed by atoms with Gasteiger partial charge in [-0.1, -0.05) is 38.1 Å². The highest BCUT2D eigenvalue weighted by Gasteiger charge is 2.21. The van der Waals surface area contributed by atoms with Crippen LogP contribution in [0.1, 0.15) is 26.5 Å². The van der Waals surface area contributed by atoms with Crippen LogP contribution in [-0.4, -0.2) is 31.4 Å². The predicted octanol–water partition coefficient (Wildman–Crippen LogP) is 6.02. The molecule has 2 amide bonds. The van der Waals surface area contributed by atoms with E-state index in [4.69, 9.17) is 9.26 Å². The maximum atomic E-state index is 14.9. The van der Waals surface area contributed by atoms with E-state index in [1.807, 2.05) is 20.8 Å². The first-order valence-corrected chi connectivity index (χ1v) is 11.1. The van der Waals surface area contributed by atoms with E-state index in [0.717, 1.165) is 12.1 Å². The molecule has 5 rings (SSSR count). The molecule has 0 fully saturated rings. The Kier molecular flexibility index (Phi) is 5.99. The molecule has 0 radical (unpaired) electrons. The number of hydrogen-bond acceptors (Lipinski definition) is 7. The fraction of sp³-hybridized carbons (Fsp3) is 0.160. The highest BCUT2D eigenvalue weighted by atomic mass is 19.1. The second-order valence-corrected chi connectivity index (χ2v) is 9.13. The Morgan fingerprint density at radius 1 is 1.05 bits per heavy atom. The first-order valence-electron chi connectivity index (χ1n) is 11.1. The number of halogens is 2. The molecule has 3 N–H and O–H groups in total. The minimum absolute atomic E-state index is 0.122. The van der Waals surface area contributed by atoms with Crippen molar-refractivity contribution < 1.29 is 22.8 Å². The van der Waals surface area contributed by atoms with Crippen LogP contribution in [-0.2, 0) is 5.41 Å². The molecule has 0 unspecified atom stereocenters. The molecule has 0 aliphatic rings. The van der Waals surface area contributed by atoms with Gasteiger partial charge in [0.25, 0.3) is 0 Å². The maximum Gasteiger partial charge on any atom is 0.324 e. The summed E-state index contributed by atoms with van der Waals surface area (Å²) in [6.45, 7) is 5.78. The van der Waals surface area contributed by atoms with Crippen LogP contribution in [0.4, 0.5) is 25.1 Å². The van der Waals surface area contributed by atoms with Gasteiger partial charge in [-0.2, -0.15) is 5.10 Å². The number of fused-ring (bicyclic) bond motifs is 1. The van der Waals surface area contributed by atoms with Crippen LogP contribution in [0.3, 0.4) is 0 Å². The van der Waals surface area contributed by atoms with Gasteiger partial charge in [0.15, 0.2) is 28.8 Å². The summed E-state index contributed by atoms with van der Waals surface area (Å²) in [6, 6.07) is 9.39. The number of rotatable bonds is 5. The lowest BCUT2D eigenvalue weighted by molar-refractivity contribution is 0.262. The Bertz CT molecular complexity index is 1580. The van der Waals surface area contributed by atoms with Gasteiger partial charge >= 0.3 is 6.03 Å². The maximum absolute atomic E-state index is 14.9. The average molecular weight is 505 g/mol. The zero-order valence-corrected chi connectivity index (χ0v) is 20.0. The summed E-state index contributed by atoms with van der Waals surface area (Å²) >= 11 is 0. The molecule has 5 aromatic rings. The molecule has 10 nitrogen and oxygen atoms in total. The van der Waals surface area contributed by atoms with Crippen LogP contribution in [0.25, 0.3) is 22.3 Å². The number of carbonyl (C=O) groups is 1. The van der Waals surface area contributed by atoms with Gasteiger partial charge in [-0.05, 0) is 12.1 Å². The van der Waals surface area contributed by atoms with E-state index < -0.39 is 23.4 Å². The van der Waals surface area contributed by atoms with Crippen LogP contribution >= 0.6 is 0 Å². The molecule has 3 heterocycles. The molecule has 2 aromatic carbocycles. The van der Waals surface area contributed by atoms with Crippen LogP contribution in [0, 0.1) is 11.6 Å². The molecule has 37 heavy (non-hydrogen) atoms. The number of hydrogen-bond donors (Lipinski definition) is 3. The average Bonchev–Trinajstić information content (AvgIpc) is 3.51. The molecule has 0 aliphatic carbocycles. The molecule has 3 aromatic heterocycles. The number of benzene rings is 2. The molecule has 12 heteroatoms. The molecule has 0 bridgehead atoms. The van der Waals surface area contributed by atoms with E-state index in [-0.39, 0.29) is 22.7 Å². The number of urea groups is 1. The second-order valence-electron chi connectivity index (χ2n) is 9.13. The highest BCUT2D eigenvalue weighted by Crippen LogP contribution is 2.37. The number of anilines is 2. The van der Waals surface area contributed by atoms with Gasteiger partial charge in [0, 0.05) is 34.9 Å². The van der Waals surface area contributed by atoms with Gasteiger partial charge in [-0.25, -0.2) is 23.5 Å². The summed E-state index contributed by atoms with van der Waals surface area (Å²) < 4.78 is 40.7. The van der Waals surface area contributed by atoms with Crippen molar-refractivity contribution >= 4 is 28.6 Å². The summed E-state index contributed by atoms with van der Waals surface area (Å²) in [4.78, 5) is 20.7. The van der Waals surface area contributed by atoms with Gasteiger partial charge in [0.05, 0.1) is 17.3 Å². The van der Waals surface area contributed by atoms with Crippen molar-refractivity contribution in [3.05, 3.63) is 72.4 Å².